The van der Waals surface area contributed by atoms with Crippen molar-refractivity contribution in [2.45, 2.75) is 0 Å². The summed E-state index contributed by atoms with van der Waals surface area (Å²) in [4.78, 5) is 10.3. The predicted octanol–water partition coefficient (Wildman–Crippen LogP) is 13.3. The minimum Gasteiger partial charge on any atom is -0.228 e. The van der Waals surface area contributed by atoms with Crippen molar-refractivity contribution in [3.05, 3.63) is 206 Å². The molecular formula is C50H34N2. The van der Waals surface area contributed by atoms with Gasteiger partial charge >= 0.3 is 0 Å². The molecule has 8 aromatic carbocycles. The van der Waals surface area contributed by atoms with Gasteiger partial charge in [-0.05, 0) is 98.1 Å². The van der Waals surface area contributed by atoms with Gasteiger partial charge in [0.1, 0.15) is 0 Å². The molecule has 0 radical (unpaired) electrons. The first kappa shape index (κ1) is 31.1. The average Bonchev–Trinajstić information content (AvgIpc) is 3.24. The van der Waals surface area contributed by atoms with E-state index in [0.29, 0.717) is 5.82 Å². The van der Waals surface area contributed by atoms with Gasteiger partial charge in [0.25, 0.3) is 0 Å². The Kier molecular flexibility index (Phi) is 8.24. The van der Waals surface area contributed by atoms with E-state index in [1.165, 1.54) is 38.9 Å². The van der Waals surface area contributed by atoms with Crippen LogP contribution in [-0.2, 0) is 0 Å². The highest BCUT2D eigenvalue weighted by Gasteiger charge is 2.14. The van der Waals surface area contributed by atoms with Gasteiger partial charge < -0.3 is 0 Å². The summed E-state index contributed by atoms with van der Waals surface area (Å²) in [7, 11) is 0. The molecule has 0 amide bonds. The lowest BCUT2D eigenvalue weighted by Crippen LogP contribution is -1.95. The molecule has 0 unspecified atom stereocenters. The third kappa shape index (κ3) is 6.30. The highest BCUT2D eigenvalue weighted by molar-refractivity contribution is 5.94. The van der Waals surface area contributed by atoms with Gasteiger partial charge in [0.2, 0.25) is 0 Å². The summed E-state index contributed by atoms with van der Waals surface area (Å²) in [6.07, 6.45) is 0. The Bertz CT molecular complexity index is 2610. The van der Waals surface area contributed by atoms with Crippen LogP contribution in [0.4, 0.5) is 0 Å². The summed E-state index contributed by atoms with van der Waals surface area (Å²) in [6, 6.07) is 73.0. The number of fused-ring (bicyclic) bond motifs is 1. The molecule has 9 aromatic rings. The minimum absolute atomic E-state index is 0.708. The number of aromatic nitrogens is 2. The topological polar surface area (TPSA) is 25.8 Å². The van der Waals surface area contributed by atoms with Crippen molar-refractivity contribution in [1.82, 2.24) is 9.97 Å². The Labute approximate surface area is 304 Å². The van der Waals surface area contributed by atoms with Crippen molar-refractivity contribution in [2.75, 3.05) is 0 Å². The van der Waals surface area contributed by atoms with Gasteiger partial charge in [-0.15, -0.1) is 0 Å². The van der Waals surface area contributed by atoms with Gasteiger partial charge in [0.05, 0.1) is 11.2 Å². The largest absolute Gasteiger partial charge is 0.228 e. The molecule has 0 N–H and O–H groups in total. The molecule has 244 valence electrons. The standard InChI is InChI=1S/C50H34N2/c1-4-15-35(16-5-1)38-21-13-25-42(30-38)49-47-27-10-11-28-48(47)51-50(52-49)43-26-14-23-40(31-43)39-22-12-24-41(29-39)46-33-44(36-17-6-2-7-18-36)32-45(34-46)37-19-8-3-9-20-37/h1-34H. The normalized spacial score (nSPS) is 11.1. The van der Waals surface area contributed by atoms with E-state index in [-0.39, 0.29) is 0 Å². The molecule has 0 aliphatic rings. The zero-order valence-corrected chi connectivity index (χ0v) is 28.5. The summed E-state index contributed by atoms with van der Waals surface area (Å²) in [5.41, 5.74) is 15.6. The monoisotopic (exact) mass is 662 g/mol. The second-order valence-electron chi connectivity index (χ2n) is 13.1. The van der Waals surface area contributed by atoms with E-state index in [1.807, 2.05) is 12.1 Å². The predicted molar refractivity (Wildman–Crippen MR) is 218 cm³/mol. The molecule has 52 heavy (non-hydrogen) atoms. The van der Waals surface area contributed by atoms with Crippen LogP contribution in [0.25, 0.3) is 89.2 Å². The summed E-state index contributed by atoms with van der Waals surface area (Å²) in [6.45, 7) is 0. The molecule has 2 heteroatoms. The molecule has 9 rings (SSSR count). The van der Waals surface area contributed by atoms with Crippen molar-refractivity contribution in [3.8, 4) is 78.3 Å². The fraction of sp³-hybridized carbons (Fsp3) is 0. The molecule has 0 saturated carbocycles. The molecule has 1 aromatic heterocycles. The third-order valence-electron chi connectivity index (χ3n) is 9.64. The molecule has 0 aliphatic heterocycles. The number of benzene rings is 8. The first-order valence-electron chi connectivity index (χ1n) is 17.6. The van der Waals surface area contributed by atoms with Gasteiger partial charge in [-0.2, -0.15) is 0 Å². The molecule has 0 bridgehead atoms. The zero-order valence-electron chi connectivity index (χ0n) is 28.5. The Morgan fingerprint density at radius 1 is 0.231 bits per heavy atom. The molecule has 0 spiro atoms. The smallest absolute Gasteiger partial charge is 0.160 e. The van der Waals surface area contributed by atoms with Crippen LogP contribution in [-0.4, -0.2) is 9.97 Å². The zero-order chi connectivity index (χ0) is 34.7. The van der Waals surface area contributed by atoms with E-state index in [9.17, 15) is 0 Å². The molecule has 0 atom stereocenters. The van der Waals surface area contributed by atoms with Crippen molar-refractivity contribution in [1.29, 1.82) is 0 Å². The maximum Gasteiger partial charge on any atom is 0.160 e. The van der Waals surface area contributed by atoms with Crippen LogP contribution in [0.3, 0.4) is 0 Å². The molecule has 2 nitrogen and oxygen atoms in total. The van der Waals surface area contributed by atoms with Crippen LogP contribution in [0, 0.1) is 0 Å². The van der Waals surface area contributed by atoms with Gasteiger partial charge in [0.15, 0.2) is 5.82 Å². The summed E-state index contributed by atoms with van der Waals surface area (Å²) >= 11 is 0. The van der Waals surface area contributed by atoms with E-state index < -0.39 is 0 Å². The number of hydrogen-bond acceptors (Lipinski definition) is 2. The lowest BCUT2D eigenvalue weighted by atomic mass is 9.92. The molecule has 1 heterocycles. The van der Waals surface area contributed by atoms with Crippen molar-refractivity contribution in [3.63, 3.8) is 0 Å². The second-order valence-corrected chi connectivity index (χ2v) is 13.1. The van der Waals surface area contributed by atoms with Crippen LogP contribution >= 0.6 is 0 Å². The summed E-state index contributed by atoms with van der Waals surface area (Å²) < 4.78 is 0. The molecule has 0 saturated heterocycles. The number of para-hydroxylation sites is 1. The van der Waals surface area contributed by atoms with Gasteiger partial charge in [0, 0.05) is 16.5 Å². The van der Waals surface area contributed by atoms with E-state index in [4.69, 9.17) is 9.97 Å². The maximum atomic E-state index is 5.24. The number of rotatable bonds is 7. The maximum absolute atomic E-state index is 5.24. The van der Waals surface area contributed by atoms with Crippen LogP contribution in [0.15, 0.2) is 206 Å². The summed E-state index contributed by atoms with van der Waals surface area (Å²) in [5.74, 6) is 0.708. The second kappa shape index (κ2) is 13.8. The minimum atomic E-state index is 0.708. The van der Waals surface area contributed by atoms with Crippen LogP contribution in [0.5, 0.6) is 0 Å². The van der Waals surface area contributed by atoms with Gasteiger partial charge in [-0.3, -0.25) is 0 Å². The van der Waals surface area contributed by atoms with Crippen LogP contribution < -0.4 is 0 Å². The van der Waals surface area contributed by atoms with Crippen molar-refractivity contribution >= 4 is 10.9 Å². The Hall–Kier alpha value is -6.90. The molecule has 0 aliphatic carbocycles. The highest BCUT2D eigenvalue weighted by atomic mass is 14.9. The Morgan fingerprint density at radius 3 is 1.15 bits per heavy atom. The van der Waals surface area contributed by atoms with Crippen molar-refractivity contribution in [2.24, 2.45) is 0 Å². The highest BCUT2D eigenvalue weighted by Crippen LogP contribution is 2.36. The average molecular weight is 663 g/mol. The van der Waals surface area contributed by atoms with E-state index in [2.05, 4.69) is 194 Å². The van der Waals surface area contributed by atoms with E-state index in [0.717, 1.165) is 44.4 Å². The van der Waals surface area contributed by atoms with Crippen LogP contribution in [0.2, 0.25) is 0 Å². The number of hydrogen-bond donors (Lipinski definition) is 0. The fourth-order valence-corrected chi connectivity index (χ4v) is 7.01. The lowest BCUT2D eigenvalue weighted by Gasteiger charge is -2.13. The first-order chi connectivity index (χ1) is 25.7. The van der Waals surface area contributed by atoms with E-state index >= 15 is 0 Å². The quantitative estimate of drug-likeness (QED) is 0.170. The third-order valence-corrected chi connectivity index (χ3v) is 9.64. The summed E-state index contributed by atoms with van der Waals surface area (Å²) in [5, 5.41) is 1.04. The van der Waals surface area contributed by atoms with Crippen molar-refractivity contribution < 1.29 is 0 Å². The van der Waals surface area contributed by atoms with Gasteiger partial charge in [-0.1, -0.05) is 164 Å². The first-order valence-corrected chi connectivity index (χ1v) is 17.6. The SMILES string of the molecule is c1ccc(-c2cc(-c3ccccc3)cc(-c3cccc(-c4cccc(-c5nc(-c6cccc(-c7ccccc7)c6)c6ccccc6n5)c4)c3)c2)cc1. The van der Waals surface area contributed by atoms with E-state index in [1.54, 1.807) is 0 Å². The Balaban J connectivity index is 1.12. The Morgan fingerprint density at radius 2 is 0.577 bits per heavy atom. The fourth-order valence-electron chi connectivity index (χ4n) is 7.01. The number of nitrogens with zero attached hydrogens (tertiary/aromatic N) is 2. The lowest BCUT2D eigenvalue weighted by molar-refractivity contribution is 1.23. The van der Waals surface area contributed by atoms with Crippen LogP contribution in [0.1, 0.15) is 0 Å². The molecule has 0 fully saturated rings. The van der Waals surface area contributed by atoms with Gasteiger partial charge in [-0.25, -0.2) is 9.97 Å². The molecular weight excluding hydrogens is 629 g/mol.